The Morgan fingerprint density at radius 2 is 1.75 bits per heavy atom. The third kappa shape index (κ3) is 4.31. The highest BCUT2D eigenvalue weighted by Gasteiger charge is 2.22. The molecule has 0 aromatic heterocycles. The maximum atomic E-state index is 13.3. The first-order valence-corrected chi connectivity index (χ1v) is 6.96. The summed E-state index contributed by atoms with van der Waals surface area (Å²) in [6, 6.07) is 5.98. The number of sulfone groups is 1. The van der Waals surface area contributed by atoms with Gasteiger partial charge in [0.05, 0.1) is 11.5 Å². The summed E-state index contributed by atoms with van der Waals surface area (Å²) in [5.74, 6) is -0.620. The first-order valence-electron chi connectivity index (χ1n) is 5.13. The van der Waals surface area contributed by atoms with Crippen LogP contribution in [0.2, 0.25) is 0 Å². The molecule has 0 saturated heterocycles. The van der Waals surface area contributed by atoms with Gasteiger partial charge in [-0.05, 0) is 11.5 Å². The van der Waals surface area contributed by atoms with E-state index in [9.17, 15) is 12.8 Å². The Labute approximate surface area is 96.4 Å². The van der Waals surface area contributed by atoms with Crippen molar-refractivity contribution in [3.63, 3.8) is 0 Å². The first-order chi connectivity index (χ1) is 7.20. The lowest BCUT2D eigenvalue weighted by atomic mass is 10.0. The van der Waals surface area contributed by atoms with E-state index in [0.717, 1.165) is 0 Å². The Kier molecular flexibility index (Phi) is 3.73. The average Bonchev–Trinajstić information content (AvgIpc) is 2.04. The fourth-order valence-corrected chi connectivity index (χ4v) is 3.69. The second-order valence-corrected chi connectivity index (χ2v) is 7.25. The molecular formula is C12H17FO2S. The number of hydrogen-bond donors (Lipinski definition) is 0. The van der Waals surface area contributed by atoms with E-state index in [4.69, 9.17) is 0 Å². The van der Waals surface area contributed by atoms with E-state index in [1.807, 2.05) is 20.8 Å². The maximum Gasteiger partial charge on any atom is 0.155 e. The van der Waals surface area contributed by atoms with Crippen molar-refractivity contribution in [2.24, 2.45) is 5.41 Å². The van der Waals surface area contributed by atoms with Crippen molar-refractivity contribution < 1.29 is 12.8 Å². The molecule has 0 fully saturated rings. The standard InChI is InChI=1S/C12H17FO2S/c1-12(2,3)9-16(14,15)8-10-6-4-5-7-11(10)13/h4-7H,8-9H2,1-3H3. The Hall–Kier alpha value is -0.900. The maximum absolute atomic E-state index is 13.3. The first kappa shape index (κ1) is 13.2. The zero-order valence-electron chi connectivity index (χ0n) is 9.83. The molecule has 2 nitrogen and oxygen atoms in total. The van der Waals surface area contributed by atoms with Gasteiger partial charge < -0.3 is 0 Å². The Morgan fingerprint density at radius 1 is 1.19 bits per heavy atom. The van der Waals surface area contributed by atoms with E-state index in [0.29, 0.717) is 0 Å². The van der Waals surface area contributed by atoms with Crippen LogP contribution in [0.3, 0.4) is 0 Å². The highest BCUT2D eigenvalue weighted by Crippen LogP contribution is 2.20. The van der Waals surface area contributed by atoms with Gasteiger partial charge in [-0.2, -0.15) is 0 Å². The summed E-state index contributed by atoms with van der Waals surface area (Å²) in [5, 5.41) is 0. The summed E-state index contributed by atoms with van der Waals surface area (Å²) in [4.78, 5) is 0. The van der Waals surface area contributed by atoms with Gasteiger partial charge in [0.2, 0.25) is 0 Å². The van der Waals surface area contributed by atoms with Crippen LogP contribution >= 0.6 is 0 Å². The van der Waals surface area contributed by atoms with Crippen LogP contribution in [0.1, 0.15) is 26.3 Å². The predicted molar refractivity (Wildman–Crippen MR) is 63.3 cm³/mol. The lowest BCUT2D eigenvalue weighted by Crippen LogP contribution is -2.22. The quantitative estimate of drug-likeness (QED) is 0.819. The summed E-state index contributed by atoms with van der Waals surface area (Å²) in [6.45, 7) is 5.56. The molecule has 0 bridgehead atoms. The molecule has 0 aliphatic rings. The van der Waals surface area contributed by atoms with E-state index >= 15 is 0 Å². The normalized spacial score (nSPS) is 12.8. The highest BCUT2D eigenvalue weighted by molar-refractivity contribution is 7.90. The van der Waals surface area contributed by atoms with Crippen LogP contribution in [-0.2, 0) is 15.6 Å². The molecule has 0 spiro atoms. The van der Waals surface area contributed by atoms with Gasteiger partial charge in [-0.15, -0.1) is 0 Å². The summed E-state index contributed by atoms with van der Waals surface area (Å²) in [7, 11) is -3.25. The fraction of sp³-hybridized carbons (Fsp3) is 0.500. The fourth-order valence-electron chi connectivity index (χ4n) is 1.56. The van der Waals surface area contributed by atoms with Gasteiger partial charge in [0.15, 0.2) is 9.84 Å². The van der Waals surface area contributed by atoms with Crippen molar-refractivity contribution in [3.05, 3.63) is 35.6 Å². The number of halogens is 1. The van der Waals surface area contributed by atoms with Crippen molar-refractivity contribution in [1.82, 2.24) is 0 Å². The van der Waals surface area contributed by atoms with Crippen molar-refractivity contribution in [3.8, 4) is 0 Å². The van der Waals surface area contributed by atoms with Crippen LogP contribution in [0.5, 0.6) is 0 Å². The minimum Gasteiger partial charge on any atom is -0.228 e. The molecule has 4 heteroatoms. The third-order valence-corrected chi connectivity index (χ3v) is 4.04. The van der Waals surface area contributed by atoms with Crippen LogP contribution in [-0.4, -0.2) is 14.2 Å². The summed E-state index contributed by atoms with van der Waals surface area (Å²) in [5.41, 5.74) is -0.0591. The lowest BCUT2D eigenvalue weighted by molar-refractivity contribution is 0.461. The van der Waals surface area contributed by atoms with E-state index < -0.39 is 15.7 Å². The SMILES string of the molecule is CC(C)(C)CS(=O)(=O)Cc1ccccc1F. The predicted octanol–water partition coefficient (Wildman–Crippen LogP) is 2.79. The van der Waals surface area contributed by atoms with Crippen LogP contribution in [0.15, 0.2) is 24.3 Å². The molecule has 0 heterocycles. The zero-order valence-corrected chi connectivity index (χ0v) is 10.6. The van der Waals surface area contributed by atoms with Crippen molar-refractivity contribution >= 4 is 9.84 Å². The topological polar surface area (TPSA) is 34.1 Å². The average molecular weight is 244 g/mol. The van der Waals surface area contributed by atoms with Gasteiger partial charge in [0.1, 0.15) is 5.82 Å². The molecule has 0 N–H and O–H groups in total. The molecule has 0 radical (unpaired) electrons. The summed E-state index contributed by atoms with van der Waals surface area (Å²) in [6.07, 6.45) is 0. The van der Waals surface area contributed by atoms with Crippen LogP contribution in [0.25, 0.3) is 0 Å². The summed E-state index contributed by atoms with van der Waals surface area (Å²) < 4.78 is 36.9. The monoisotopic (exact) mass is 244 g/mol. The van der Waals surface area contributed by atoms with Crippen LogP contribution in [0, 0.1) is 11.2 Å². The second-order valence-electron chi connectivity index (χ2n) is 5.18. The molecule has 0 atom stereocenters. The van der Waals surface area contributed by atoms with Gasteiger partial charge in [-0.1, -0.05) is 39.0 Å². The largest absolute Gasteiger partial charge is 0.228 e. The molecule has 0 unspecified atom stereocenters. The van der Waals surface area contributed by atoms with Gasteiger partial charge in [0.25, 0.3) is 0 Å². The van der Waals surface area contributed by atoms with Crippen molar-refractivity contribution in [2.75, 3.05) is 5.75 Å². The molecule has 0 amide bonds. The van der Waals surface area contributed by atoms with Crippen molar-refractivity contribution in [2.45, 2.75) is 26.5 Å². The molecular weight excluding hydrogens is 227 g/mol. The molecule has 1 aromatic carbocycles. The van der Waals surface area contributed by atoms with Crippen LogP contribution < -0.4 is 0 Å². The van der Waals surface area contributed by atoms with E-state index in [-0.39, 0.29) is 22.5 Å². The molecule has 0 aliphatic heterocycles. The zero-order chi connectivity index (χ0) is 12.4. The number of benzene rings is 1. The molecule has 1 aromatic rings. The smallest absolute Gasteiger partial charge is 0.155 e. The van der Waals surface area contributed by atoms with Gasteiger partial charge in [-0.3, -0.25) is 0 Å². The summed E-state index contributed by atoms with van der Waals surface area (Å²) >= 11 is 0. The van der Waals surface area contributed by atoms with Gasteiger partial charge in [0, 0.05) is 5.56 Å². The molecule has 90 valence electrons. The van der Waals surface area contributed by atoms with E-state index in [1.54, 1.807) is 12.1 Å². The lowest BCUT2D eigenvalue weighted by Gasteiger charge is -2.18. The molecule has 16 heavy (non-hydrogen) atoms. The Bertz CT molecular complexity index is 458. The Morgan fingerprint density at radius 3 is 2.25 bits per heavy atom. The number of hydrogen-bond acceptors (Lipinski definition) is 2. The van der Waals surface area contributed by atoms with E-state index in [1.165, 1.54) is 12.1 Å². The second kappa shape index (κ2) is 4.53. The minimum atomic E-state index is -3.25. The Balaban J connectivity index is 2.86. The van der Waals surface area contributed by atoms with Gasteiger partial charge >= 0.3 is 0 Å². The highest BCUT2D eigenvalue weighted by atomic mass is 32.2. The third-order valence-electron chi connectivity index (χ3n) is 1.99. The van der Waals surface area contributed by atoms with E-state index in [2.05, 4.69) is 0 Å². The van der Waals surface area contributed by atoms with Gasteiger partial charge in [-0.25, -0.2) is 12.8 Å². The molecule has 0 aliphatic carbocycles. The molecule has 1 rings (SSSR count). The van der Waals surface area contributed by atoms with Crippen molar-refractivity contribution in [1.29, 1.82) is 0 Å². The minimum absolute atomic E-state index is 0.0638. The number of rotatable bonds is 3. The van der Waals surface area contributed by atoms with Crippen LogP contribution in [0.4, 0.5) is 4.39 Å². The molecule has 0 saturated carbocycles.